The zero-order chi connectivity index (χ0) is 12.1. The molecule has 0 saturated carbocycles. The predicted molar refractivity (Wildman–Crippen MR) is 57.8 cm³/mol. The fourth-order valence-electron chi connectivity index (χ4n) is 1.46. The molecule has 0 radical (unpaired) electrons. The van der Waals surface area contributed by atoms with E-state index in [-0.39, 0.29) is 12.3 Å². The lowest BCUT2D eigenvalue weighted by Crippen LogP contribution is -2.29. The molecule has 2 unspecified atom stereocenters. The van der Waals surface area contributed by atoms with Crippen LogP contribution in [0.1, 0.15) is 11.7 Å². The van der Waals surface area contributed by atoms with Crippen molar-refractivity contribution in [1.29, 1.82) is 0 Å². The van der Waals surface area contributed by atoms with Crippen molar-refractivity contribution in [2.45, 2.75) is 12.2 Å². The zero-order valence-electron chi connectivity index (χ0n) is 9.27. The van der Waals surface area contributed by atoms with Crippen LogP contribution in [0.15, 0.2) is 18.2 Å². The molecule has 0 aliphatic rings. The van der Waals surface area contributed by atoms with E-state index < -0.39 is 18.0 Å². The maximum Gasteiger partial charge on any atom is 0.127 e. The average molecular weight is 229 g/mol. The highest BCUT2D eigenvalue weighted by atomic mass is 19.1. The van der Waals surface area contributed by atoms with Crippen LogP contribution in [0.5, 0.6) is 5.75 Å². The summed E-state index contributed by atoms with van der Waals surface area (Å²) in [6, 6.07) is 3.79. The molecular formula is C11H16FNO3. The molecular weight excluding hydrogens is 213 g/mol. The molecule has 0 spiro atoms. The van der Waals surface area contributed by atoms with Crippen molar-refractivity contribution in [3.8, 4) is 5.75 Å². The Balaban J connectivity index is 2.93. The summed E-state index contributed by atoms with van der Waals surface area (Å²) in [7, 11) is 3.05. The minimum Gasteiger partial charge on any atom is -0.496 e. The summed E-state index contributed by atoms with van der Waals surface area (Å²) in [5.41, 5.74) is 0.367. The van der Waals surface area contributed by atoms with Gasteiger partial charge in [0, 0.05) is 18.2 Å². The second-order valence-corrected chi connectivity index (χ2v) is 3.46. The van der Waals surface area contributed by atoms with Crippen molar-refractivity contribution in [3.63, 3.8) is 0 Å². The third kappa shape index (κ3) is 2.91. The molecule has 5 heteroatoms. The maximum atomic E-state index is 12.9. The lowest BCUT2D eigenvalue weighted by Gasteiger charge is -2.19. The van der Waals surface area contributed by atoms with Gasteiger partial charge < -0.3 is 20.3 Å². The lowest BCUT2D eigenvalue weighted by atomic mass is 10.0. The van der Waals surface area contributed by atoms with Crippen LogP contribution >= 0.6 is 0 Å². The monoisotopic (exact) mass is 229 g/mol. The Kier molecular flexibility index (Phi) is 4.67. The van der Waals surface area contributed by atoms with Gasteiger partial charge >= 0.3 is 0 Å². The molecule has 1 aromatic rings. The highest BCUT2D eigenvalue weighted by Crippen LogP contribution is 2.27. The second-order valence-electron chi connectivity index (χ2n) is 3.46. The van der Waals surface area contributed by atoms with Crippen LogP contribution in [0.4, 0.5) is 4.39 Å². The van der Waals surface area contributed by atoms with E-state index in [9.17, 15) is 14.6 Å². The van der Waals surface area contributed by atoms with Gasteiger partial charge in [-0.25, -0.2) is 4.39 Å². The molecule has 4 nitrogen and oxygen atoms in total. The van der Waals surface area contributed by atoms with Crippen molar-refractivity contribution >= 4 is 0 Å². The first kappa shape index (κ1) is 12.9. The van der Waals surface area contributed by atoms with Crippen LogP contribution in [-0.4, -0.2) is 37.0 Å². The number of methoxy groups -OCH3 is 1. The Bertz CT molecular complexity index is 346. The first-order chi connectivity index (χ1) is 7.60. The summed E-state index contributed by atoms with van der Waals surface area (Å²) in [5.74, 6) is -0.224. The van der Waals surface area contributed by atoms with Crippen LogP contribution < -0.4 is 10.1 Å². The minimum absolute atomic E-state index is 0.225. The number of aliphatic hydroxyl groups excluding tert-OH is 2. The quantitative estimate of drug-likeness (QED) is 0.686. The minimum atomic E-state index is -1.11. The number of aliphatic hydroxyl groups is 2. The standard InChI is InChI=1S/C11H16FNO3/c1-13-6-9(14)11(15)8-4-3-7(12)5-10(8)16-2/h3-5,9,11,13-15H,6H2,1-2H3. The van der Waals surface area contributed by atoms with Crippen LogP contribution in [0.25, 0.3) is 0 Å². The molecule has 0 fully saturated rings. The Morgan fingerprint density at radius 2 is 2.12 bits per heavy atom. The highest BCUT2D eigenvalue weighted by molar-refractivity contribution is 5.36. The third-order valence-corrected chi connectivity index (χ3v) is 2.29. The number of halogens is 1. The number of likely N-dealkylation sites (N-methyl/N-ethyl adjacent to an activating group) is 1. The number of rotatable bonds is 5. The van der Waals surface area contributed by atoms with Gasteiger partial charge in [0.2, 0.25) is 0 Å². The Hall–Kier alpha value is -1.17. The van der Waals surface area contributed by atoms with Crippen molar-refractivity contribution in [2.75, 3.05) is 20.7 Å². The summed E-state index contributed by atoms with van der Waals surface area (Å²) in [4.78, 5) is 0. The van der Waals surface area contributed by atoms with Gasteiger partial charge in [-0.1, -0.05) is 0 Å². The number of hydrogen-bond acceptors (Lipinski definition) is 4. The van der Waals surface area contributed by atoms with E-state index in [0.717, 1.165) is 0 Å². The number of ether oxygens (including phenoxy) is 1. The van der Waals surface area contributed by atoms with Gasteiger partial charge in [0.25, 0.3) is 0 Å². The van der Waals surface area contributed by atoms with Gasteiger partial charge in [0.1, 0.15) is 17.7 Å². The number of nitrogens with one attached hydrogen (secondary N) is 1. The van der Waals surface area contributed by atoms with E-state index in [1.807, 2.05) is 0 Å². The summed E-state index contributed by atoms with van der Waals surface area (Å²) in [6.45, 7) is 0.238. The summed E-state index contributed by atoms with van der Waals surface area (Å²) in [6.07, 6.45) is -2.08. The zero-order valence-corrected chi connectivity index (χ0v) is 9.27. The molecule has 0 bridgehead atoms. The summed E-state index contributed by atoms with van der Waals surface area (Å²) in [5, 5.41) is 22.2. The van der Waals surface area contributed by atoms with E-state index in [1.165, 1.54) is 25.3 Å². The normalized spacial score (nSPS) is 14.6. The molecule has 90 valence electrons. The molecule has 0 amide bonds. The van der Waals surface area contributed by atoms with E-state index in [4.69, 9.17) is 4.74 Å². The van der Waals surface area contributed by atoms with Gasteiger partial charge in [0.15, 0.2) is 0 Å². The van der Waals surface area contributed by atoms with Crippen molar-refractivity contribution < 1.29 is 19.3 Å². The highest BCUT2D eigenvalue weighted by Gasteiger charge is 2.21. The van der Waals surface area contributed by atoms with Gasteiger partial charge in [-0.3, -0.25) is 0 Å². The fraction of sp³-hybridized carbons (Fsp3) is 0.455. The van der Waals surface area contributed by atoms with Crippen LogP contribution in [0.2, 0.25) is 0 Å². The summed E-state index contributed by atoms with van der Waals surface area (Å²) >= 11 is 0. The number of hydrogen-bond donors (Lipinski definition) is 3. The van der Waals surface area contributed by atoms with Crippen LogP contribution in [0.3, 0.4) is 0 Å². The average Bonchev–Trinajstić information content (AvgIpc) is 2.28. The Labute approximate surface area is 93.7 Å². The molecule has 0 aromatic heterocycles. The second kappa shape index (κ2) is 5.79. The Morgan fingerprint density at radius 3 is 2.69 bits per heavy atom. The van der Waals surface area contributed by atoms with Crippen LogP contribution in [0, 0.1) is 5.82 Å². The molecule has 1 aromatic carbocycles. The van der Waals surface area contributed by atoms with Crippen molar-refractivity contribution in [2.24, 2.45) is 0 Å². The summed E-state index contributed by atoms with van der Waals surface area (Å²) < 4.78 is 17.9. The van der Waals surface area contributed by atoms with E-state index >= 15 is 0 Å². The molecule has 0 aliphatic carbocycles. The molecule has 1 rings (SSSR count). The third-order valence-electron chi connectivity index (χ3n) is 2.29. The van der Waals surface area contributed by atoms with E-state index in [0.29, 0.717) is 5.56 Å². The molecule has 2 atom stereocenters. The smallest absolute Gasteiger partial charge is 0.127 e. The fourth-order valence-corrected chi connectivity index (χ4v) is 1.46. The largest absolute Gasteiger partial charge is 0.496 e. The molecule has 0 heterocycles. The van der Waals surface area contributed by atoms with Gasteiger partial charge in [0.05, 0.1) is 13.2 Å². The first-order valence-electron chi connectivity index (χ1n) is 4.94. The molecule has 3 N–H and O–H groups in total. The van der Waals surface area contributed by atoms with Crippen LogP contribution in [-0.2, 0) is 0 Å². The van der Waals surface area contributed by atoms with E-state index in [2.05, 4.69) is 5.32 Å². The molecule has 0 saturated heterocycles. The first-order valence-corrected chi connectivity index (χ1v) is 4.94. The van der Waals surface area contributed by atoms with Crippen molar-refractivity contribution in [3.05, 3.63) is 29.6 Å². The topological polar surface area (TPSA) is 61.7 Å². The lowest BCUT2D eigenvalue weighted by molar-refractivity contribution is 0.0188. The van der Waals surface area contributed by atoms with Gasteiger partial charge in [-0.05, 0) is 19.2 Å². The predicted octanol–water partition coefficient (Wildman–Crippen LogP) is 0.448. The molecule has 16 heavy (non-hydrogen) atoms. The Morgan fingerprint density at radius 1 is 1.44 bits per heavy atom. The van der Waals surface area contributed by atoms with Crippen molar-refractivity contribution in [1.82, 2.24) is 5.32 Å². The SMILES string of the molecule is CNCC(O)C(O)c1ccc(F)cc1OC. The van der Waals surface area contributed by atoms with Gasteiger partial charge in [-0.15, -0.1) is 0 Å². The number of benzene rings is 1. The molecule has 0 aliphatic heterocycles. The van der Waals surface area contributed by atoms with E-state index in [1.54, 1.807) is 7.05 Å². The van der Waals surface area contributed by atoms with Gasteiger partial charge in [-0.2, -0.15) is 0 Å². The maximum absolute atomic E-state index is 12.9.